The van der Waals surface area contributed by atoms with Crippen LogP contribution in [0.4, 0.5) is 10.1 Å². The molecule has 1 atom stereocenters. The number of hydrogen-bond donors (Lipinski definition) is 2. The van der Waals surface area contributed by atoms with E-state index in [0.717, 1.165) is 0 Å². The van der Waals surface area contributed by atoms with E-state index in [1.165, 1.54) is 31.2 Å². The molecule has 0 aromatic heterocycles. The summed E-state index contributed by atoms with van der Waals surface area (Å²) in [6, 6.07) is 5.15. The largest absolute Gasteiger partial charge is 0.480 e. The number of carbonyl (C=O) groups excluding carboxylic acids is 1. The number of benzene rings is 1. The Morgan fingerprint density at radius 2 is 1.88 bits per heavy atom. The zero-order valence-electron chi connectivity index (χ0n) is 9.66. The van der Waals surface area contributed by atoms with E-state index >= 15 is 0 Å². The van der Waals surface area contributed by atoms with E-state index in [1.54, 1.807) is 6.92 Å². The van der Waals surface area contributed by atoms with E-state index < -0.39 is 23.1 Å². The number of nitrogens with one attached hydrogen (secondary N) is 1. The van der Waals surface area contributed by atoms with Crippen LogP contribution in [0.5, 0.6) is 0 Å². The maximum absolute atomic E-state index is 12.6. The van der Waals surface area contributed by atoms with Crippen LogP contribution < -0.4 is 5.32 Å². The van der Waals surface area contributed by atoms with Crippen molar-refractivity contribution >= 4 is 17.6 Å². The van der Waals surface area contributed by atoms with Crippen LogP contribution >= 0.6 is 0 Å². The molecule has 1 rings (SSSR count). The Balaban J connectivity index is 2.85. The normalized spacial score (nSPS) is 13.8. The van der Waals surface area contributed by atoms with E-state index in [-0.39, 0.29) is 6.42 Å². The van der Waals surface area contributed by atoms with Crippen LogP contribution in [0.1, 0.15) is 20.3 Å². The SMILES string of the molecule is CCC(C)(C(=O)O)C(=O)Nc1ccc(F)cc1. The Kier molecular flexibility index (Phi) is 3.83. The van der Waals surface area contributed by atoms with Crippen molar-refractivity contribution in [1.29, 1.82) is 0 Å². The zero-order valence-corrected chi connectivity index (χ0v) is 9.66. The minimum Gasteiger partial charge on any atom is -0.480 e. The molecule has 4 nitrogen and oxygen atoms in total. The number of rotatable bonds is 4. The molecule has 0 bridgehead atoms. The number of aliphatic carboxylic acids is 1. The van der Waals surface area contributed by atoms with Gasteiger partial charge in [-0.1, -0.05) is 6.92 Å². The molecule has 0 radical (unpaired) electrons. The molecule has 0 aliphatic carbocycles. The van der Waals surface area contributed by atoms with Crippen LogP contribution in [0, 0.1) is 11.2 Å². The van der Waals surface area contributed by atoms with Crippen molar-refractivity contribution in [1.82, 2.24) is 0 Å². The van der Waals surface area contributed by atoms with Gasteiger partial charge in [0.1, 0.15) is 11.2 Å². The average molecular weight is 239 g/mol. The topological polar surface area (TPSA) is 66.4 Å². The number of carboxylic acids is 1. The van der Waals surface area contributed by atoms with E-state index in [4.69, 9.17) is 5.11 Å². The molecule has 0 aliphatic rings. The van der Waals surface area contributed by atoms with E-state index in [0.29, 0.717) is 5.69 Å². The lowest BCUT2D eigenvalue weighted by atomic mass is 9.86. The standard InChI is InChI=1S/C12H14FNO3/c1-3-12(2,11(16)17)10(15)14-9-6-4-8(13)5-7-9/h4-7H,3H2,1-2H3,(H,14,15)(H,16,17). The number of amides is 1. The van der Waals surface area contributed by atoms with Crippen LogP contribution in [0.25, 0.3) is 0 Å². The second-order valence-corrected chi connectivity index (χ2v) is 3.95. The second kappa shape index (κ2) is 4.95. The molecule has 0 fully saturated rings. The fourth-order valence-electron chi connectivity index (χ4n) is 1.21. The highest BCUT2D eigenvalue weighted by atomic mass is 19.1. The average Bonchev–Trinajstić information content (AvgIpc) is 2.30. The Bertz CT molecular complexity index is 430. The molecular weight excluding hydrogens is 225 g/mol. The lowest BCUT2D eigenvalue weighted by Crippen LogP contribution is -2.40. The minimum atomic E-state index is -1.48. The van der Waals surface area contributed by atoms with Gasteiger partial charge in [-0.3, -0.25) is 9.59 Å². The van der Waals surface area contributed by atoms with Gasteiger partial charge in [-0.25, -0.2) is 4.39 Å². The van der Waals surface area contributed by atoms with Crippen LogP contribution in [0.15, 0.2) is 24.3 Å². The Morgan fingerprint density at radius 1 is 1.35 bits per heavy atom. The Hall–Kier alpha value is -1.91. The Labute approximate surface area is 98.5 Å². The lowest BCUT2D eigenvalue weighted by molar-refractivity contribution is -0.152. The number of anilines is 1. The summed E-state index contributed by atoms with van der Waals surface area (Å²) in [5, 5.41) is 11.5. The first-order valence-electron chi connectivity index (χ1n) is 5.20. The highest BCUT2D eigenvalue weighted by Gasteiger charge is 2.39. The molecule has 17 heavy (non-hydrogen) atoms. The smallest absolute Gasteiger partial charge is 0.318 e. The predicted octanol–water partition coefficient (Wildman–Crippen LogP) is 2.27. The number of carbonyl (C=O) groups is 2. The van der Waals surface area contributed by atoms with Gasteiger partial charge in [0.25, 0.3) is 0 Å². The van der Waals surface area contributed by atoms with Crippen molar-refractivity contribution < 1.29 is 19.1 Å². The molecular formula is C12H14FNO3. The molecule has 0 spiro atoms. The second-order valence-electron chi connectivity index (χ2n) is 3.95. The van der Waals surface area contributed by atoms with Crippen molar-refractivity contribution in [3.8, 4) is 0 Å². The van der Waals surface area contributed by atoms with Gasteiger partial charge in [0.15, 0.2) is 0 Å². The summed E-state index contributed by atoms with van der Waals surface area (Å²) < 4.78 is 12.6. The first-order chi connectivity index (χ1) is 7.90. The summed E-state index contributed by atoms with van der Waals surface area (Å²) in [7, 11) is 0. The number of carboxylic acid groups (broad SMARTS) is 1. The zero-order chi connectivity index (χ0) is 13.1. The van der Waals surface area contributed by atoms with Crippen molar-refractivity contribution in [3.63, 3.8) is 0 Å². The van der Waals surface area contributed by atoms with Crippen LogP contribution in [0.3, 0.4) is 0 Å². The third-order valence-corrected chi connectivity index (χ3v) is 2.78. The molecule has 1 aromatic rings. The maximum atomic E-state index is 12.6. The summed E-state index contributed by atoms with van der Waals surface area (Å²) >= 11 is 0. The minimum absolute atomic E-state index is 0.176. The molecule has 0 saturated heterocycles. The molecule has 0 aliphatic heterocycles. The van der Waals surface area contributed by atoms with E-state index in [1.807, 2.05) is 0 Å². The molecule has 1 amide bonds. The van der Waals surface area contributed by atoms with Gasteiger partial charge in [-0.15, -0.1) is 0 Å². The molecule has 0 heterocycles. The molecule has 1 aromatic carbocycles. The molecule has 0 saturated carbocycles. The third-order valence-electron chi connectivity index (χ3n) is 2.78. The van der Waals surface area contributed by atoms with Gasteiger partial charge in [-0.05, 0) is 37.6 Å². The first kappa shape index (κ1) is 13.2. The van der Waals surface area contributed by atoms with Crippen molar-refractivity contribution in [2.24, 2.45) is 5.41 Å². The quantitative estimate of drug-likeness (QED) is 0.792. The molecule has 92 valence electrons. The third kappa shape index (κ3) is 2.81. The van der Waals surface area contributed by atoms with Gasteiger partial charge < -0.3 is 10.4 Å². The summed E-state index contributed by atoms with van der Waals surface area (Å²) in [5.74, 6) is -2.21. The number of halogens is 1. The van der Waals surface area contributed by atoms with E-state index in [9.17, 15) is 14.0 Å². The summed E-state index contributed by atoms with van der Waals surface area (Å²) in [5.41, 5.74) is -1.11. The summed E-state index contributed by atoms with van der Waals surface area (Å²) in [6.07, 6.45) is 0.176. The van der Waals surface area contributed by atoms with Gasteiger partial charge in [-0.2, -0.15) is 0 Å². The van der Waals surface area contributed by atoms with Gasteiger partial charge in [0.2, 0.25) is 5.91 Å². The first-order valence-corrected chi connectivity index (χ1v) is 5.20. The van der Waals surface area contributed by atoms with Crippen molar-refractivity contribution in [2.75, 3.05) is 5.32 Å². The van der Waals surface area contributed by atoms with Crippen LogP contribution in [-0.2, 0) is 9.59 Å². The van der Waals surface area contributed by atoms with Crippen LogP contribution in [0.2, 0.25) is 0 Å². The highest BCUT2D eigenvalue weighted by Crippen LogP contribution is 2.23. The van der Waals surface area contributed by atoms with Crippen molar-refractivity contribution in [2.45, 2.75) is 20.3 Å². The summed E-state index contributed by atoms with van der Waals surface area (Å²) in [6.45, 7) is 2.98. The Morgan fingerprint density at radius 3 is 2.29 bits per heavy atom. The fourth-order valence-corrected chi connectivity index (χ4v) is 1.21. The highest BCUT2D eigenvalue weighted by molar-refractivity contribution is 6.07. The molecule has 2 N–H and O–H groups in total. The monoisotopic (exact) mass is 239 g/mol. The van der Waals surface area contributed by atoms with Gasteiger partial charge >= 0.3 is 5.97 Å². The molecule has 1 unspecified atom stereocenters. The van der Waals surface area contributed by atoms with E-state index in [2.05, 4.69) is 5.32 Å². The fraction of sp³-hybridized carbons (Fsp3) is 0.333. The maximum Gasteiger partial charge on any atom is 0.318 e. The lowest BCUT2D eigenvalue weighted by Gasteiger charge is -2.21. The predicted molar refractivity (Wildman–Crippen MR) is 61.1 cm³/mol. The number of hydrogen-bond acceptors (Lipinski definition) is 2. The van der Waals surface area contributed by atoms with Crippen LogP contribution in [-0.4, -0.2) is 17.0 Å². The van der Waals surface area contributed by atoms with Gasteiger partial charge in [0.05, 0.1) is 0 Å². The van der Waals surface area contributed by atoms with Gasteiger partial charge in [0, 0.05) is 5.69 Å². The van der Waals surface area contributed by atoms with Crippen molar-refractivity contribution in [3.05, 3.63) is 30.1 Å². The summed E-state index contributed by atoms with van der Waals surface area (Å²) in [4.78, 5) is 22.8. The molecule has 5 heteroatoms.